The highest BCUT2D eigenvalue weighted by Gasteiger charge is 2.25. The van der Waals surface area contributed by atoms with Crippen molar-refractivity contribution in [1.82, 2.24) is 21.3 Å². The fourth-order valence-corrected chi connectivity index (χ4v) is 4.85. The van der Waals surface area contributed by atoms with Crippen molar-refractivity contribution in [1.29, 1.82) is 0 Å². The first kappa shape index (κ1) is 36.4. The van der Waals surface area contributed by atoms with Gasteiger partial charge in [0.2, 0.25) is 23.6 Å². The smallest absolute Gasteiger partial charge is 0.322 e. The SMILES string of the molecule is NC(CCC(=O)N[C@@H](CSSCC(NC(=O)CC[C@H](N)C(=O)O)C(=O)[15NH][13CH2][13C](=O)O)C(=O)[15NH][13CH2][13C](=O)O)C(=O)O. The Bertz CT molecular complexity index is 879. The number of carbonyl (C=O) groups is 8. The summed E-state index contributed by atoms with van der Waals surface area (Å²) in [5.74, 6) is -8.81. The molecule has 0 aromatic heterocycles. The first-order valence-electron chi connectivity index (χ1n) is 11.4. The van der Waals surface area contributed by atoms with Crippen molar-refractivity contribution < 1.29 is 58.8 Å². The maximum atomic E-state index is 12.4. The Morgan fingerprint density at radius 1 is 0.600 bits per heavy atom. The minimum atomic E-state index is -1.34. The second-order valence-corrected chi connectivity index (χ2v) is 10.6. The molecular weight excluding hydrogens is 586 g/mol. The van der Waals surface area contributed by atoms with Crippen molar-refractivity contribution in [3.05, 3.63) is 0 Å². The van der Waals surface area contributed by atoms with Gasteiger partial charge in [0.25, 0.3) is 0 Å². The Morgan fingerprint density at radius 2 is 0.925 bits per heavy atom. The van der Waals surface area contributed by atoms with E-state index >= 15 is 0 Å². The van der Waals surface area contributed by atoms with Gasteiger partial charge in [-0.3, -0.25) is 38.4 Å². The lowest BCUT2D eigenvalue weighted by molar-refractivity contribution is -0.140. The Labute approximate surface area is 235 Å². The molecule has 2 unspecified atom stereocenters. The van der Waals surface area contributed by atoms with Crippen molar-refractivity contribution in [2.75, 3.05) is 24.6 Å². The highest BCUT2D eigenvalue weighted by molar-refractivity contribution is 8.76. The van der Waals surface area contributed by atoms with Gasteiger partial charge in [-0.1, -0.05) is 21.6 Å². The molecule has 0 saturated carbocycles. The van der Waals surface area contributed by atoms with Gasteiger partial charge in [0, 0.05) is 24.3 Å². The third-order valence-corrected chi connectivity index (χ3v) is 7.11. The molecule has 0 bridgehead atoms. The van der Waals surface area contributed by atoms with E-state index in [1.165, 1.54) is 0 Å². The molecule has 0 aliphatic rings. The monoisotopic (exact) mass is 618 g/mol. The average Bonchev–Trinajstić information content (AvgIpc) is 2.87. The number of carbonyl (C=O) groups excluding carboxylic acids is 4. The molecule has 12 N–H and O–H groups in total. The number of amides is 4. The molecular formula is C20H32N6O12S2. The van der Waals surface area contributed by atoms with Crippen LogP contribution in [0.25, 0.3) is 0 Å². The van der Waals surface area contributed by atoms with Crippen LogP contribution in [0.2, 0.25) is 0 Å². The quantitative estimate of drug-likeness (QED) is 0.0254. The zero-order valence-corrected chi connectivity index (χ0v) is 22.6. The van der Waals surface area contributed by atoms with Crippen LogP contribution in [0.3, 0.4) is 0 Å². The van der Waals surface area contributed by atoms with E-state index in [1.54, 1.807) is 0 Å². The van der Waals surface area contributed by atoms with Crippen molar-refractivity contribution >= 4 is 69.1 Å². The van der Waals surface area contributed by atoms with E-state index in [4.69, 9.17) is 31.9 Å². The molecule has 0 aromatic carbocycles. The van der Waals surface area contributed by atoms with E-state index in [9.17, 15) is 38.4 Å². The standard InChI is InChI=1S/C20H32N6O12S2/c21-9(19(35)36)1-3-13(27)25-11(17(33)23-5-15(29)30)7-39-40-8-12(18(34)24-6-16(31)32)26-14(28)4-2-10(22)20(37)38/h9-12H,1-8,21-22H2,(H,23,33)(H,24,34)(H,25,27)(H,26,28)(H,29,30)(H,31,32)(H,35,36)(H,37,38)/t9-,10?,11?,12-/m0/s1/i5+1,6+1,15+1,16+1,23+1,24+1. The summed E-state index contributed by atoms with van der Waals surface area (Å²) in [4.78, 5) is 92.3. The van der Waals surface area contributed by atoms with Gasteiger partial charge >= 0.3 is 23.9 Å². The molecule has 0 heterocycles. The lowest BCUT2D eigenvalue weighted by Crippen LogP contribution is -2.50. The van der Waals surface area contributed by atoms with Gasteiger partial charge in [0.15, 0.2) is 0 Å². The molecule has 0 aromatic rings. The average molecular weight is 619 g/mol. The van der Waals surface area contributed by atoms with Crippen LogP contribution >= 0.6 is 21.6 Å². The zero-order valence-electron chi connectivity index (χ0n) is 21.0. The maximum absolute atomic E-state index is 12.4. The molecule has 0 rings (SSSR count). The minimum Gasteiger partial charge on any atom is -0.480 e. The van der Waals surface area contributed by atoms with E-state index in [1.807, 2.05) is 0 Å². The van der Waals surface area contributed by atoms with Crippen LogP contribution in [0.15, 0.2) is 0 Å². The Balaban J connectivity index is 5.18. The van der Waals surface area contributed by atoms with Crippen LogP contribution in [0.1, 0.15) is 25.7 Å². The summed E-state index contributed by atoms with van der Waals surface area (Å²) >= 11 is 0. The van der Waals surface area contributed by atoms with Crippen LogP contribution in [0.5, 0.6) is 0 Å². The van der Waals surface area contributed by atoms with Crippen molar-refractivity contribution in [3.8, 4) is 0 Å². The largest absolute Gasteiger partial charge is 0.480 e. The van der Waals surface area contributed by atoms with E-state index in [2.05, 4.69) is 21.3 Å². The Kier molecular flexibility index (Phi) is 17.7. The lowest BCUT2D eigenvalue weighted by atomic mass is 10.1. The van der Waals surface area contributed by atoms with E-state index in [0.717, 1.165) is 21.6 Å². The topological polar surface area (TPSA) is 318 Å². The first-order chi connectivity index (χ1) is 18.6. The number of hydrogen-bond donors (Lipinski definition) is 10. The Morgan fingerprint density at radius 3 is 1.20 bits per heavy atom. The highest BCUT2D eigenvalue weighted by Crippen LogP contribution is 2.23. The fourth-order valence-electron chi connectivity index (χ4n) is 2.52. The number of rotatable bonds is 21. The molecule has 4 atom stereocenters. The van der Waals surface area contributed by atoms with Gasteiger partial charge in [0.1, 0.15) is 37.3 Å². The molecule has 0 saturated heterocycles. The molecule has 0 aliphatic heterocycles. The predicted molar refractivity (Wildman–Crippen MR) is 140 cm³/mol. The number of aliphatic carboxylic acids is 4. The molecule has 0 radical (unpaired) electrons. The summed E-state index contributed by atoms with van der Waals surface area (Å²) in [5.41, 5.74) is 10.7. The fraction of sp³-hybridized carbons (Fsp3) is 0.600. The molecule has 4 amide bonds. The summed E-state index contributed by atoms with van der Waals surface area (Å²) < 4.78 is 0. The molecule has 20 heteroatoms. The predicted octanol–water partition coefficient (Wildman–Crippen LogP) is -3.88. The summed E-state index contributed by atoms with van der Waals surface area (Å²) in [6.07, 6.45) is -1.12. The van der Waals surface area contributed by atoms with Crippen LogP contribution in [-0.4, -0.2) is 117 Å². The molecule has 0 aliphatic carbocycles. The number of hydrogen-bond acceptors (Lipinski definition) is 12. The van der Waals surface area contributed by atoms with Crippen LogP contribution in [-0.2, 0) is 38.4 Å². The maximum Gasteiger partial charge on any atom is 0.322 e. The number of carboxylic acid groups (broad SMARTS) is 4. The number of carboxylic acids is 4. The first-order valence-corrected chi connectivity index (χ1v) is 13.9. The molecule has 18 nitrogen and oxygen atoms in total. The summed E-state index contributed by atoms with van der Waals surface area (Å²) in [5, 5.41) is 44.1. The van der Waals surface area contributed by atoms with Gasteiger partial charge in [-0.25, -0.2) is 0 Å². The van der Waals surface area contributed by atoms with E-state index in [0.29, 0.717) is 0 Å². The lowest BCUT2D eigenvalue weighted by Gasteiger charge is -2.20. The van der Waals surface area contributed by atoms with Gasteiger partial charge in [0.05, 0.1) is 0 Å². The molecule has 40 heavy (non-hydrogen) atoms. The van der Waals surface area contributed by atoms with Crippen LogP contribution in [0, 0.1) is 0 Å². The highest BCUT2D eigenvalue weighted by atomic mass is 33.1. The van der Waals surface area contributed by atoms with Gasteiger partial charge < -0.3 is 53.2 Å². The van der Waals surface area contributed by atoms with Crippen molar-refractivity contribution in [3.63, 3.8) is 0 Å². The van der Waals surface area contributed by atoms with E-state index in [-0.39, 0.29) is 37.2 Å². The van der Waals surface area contributed by atoms with Gasteiger partial charge in [-0.05, 0) is 12.8 Å². The summed E-state index contributed by atoms with van der Waals surface area (Å²) in [7, 11) is 1.89. The van der Waals surface area contributed by atoms with Crippen molar-refractivity contribution in [2.45, 2.75) is 49.9 Å². The molecule has 0 spiro atoms. The summed E-state index contributed by atoms with van der Waals surface area (Å²) in [6.45, 7) is -1.48. The number of nitrogens with two attached hydrogens (primary N) is 2. The van der Waals surface area contributed by atoms with Gasteiger partial charge in [-0.2, -0.15) is 0 Å². The van der Waals surface area contributed by atoms with Crippen molar-refractivity contribution in [2.24, 2.45) is 11.5 Å². The van der Waals surface area contributed by atoms with Crippen LogP contribution in [0.4, 0.5) is 0 Å². The third kappa shape index (κ3) is 17.1. The zero-order chi connectivity index (χ0) is 30.8. The van der Waals surface area contributed by atoms with Gasteiger partial charge in [-0.15, -0.1) is 0 Å². The molecule has 226 valence electrons. The number of nitrogens with one attached hydrogen (secondary N) is 4. The second kappa shape index (κ2) is 19.4. The summed E-state index contributed by atoms with van der Waals surface area (Å²) in [6, 6.07) is -5.16. The molecule has 0 fully saturated rings. The Hall–Kier alpha value is -3.62. The minimum absolute atomic E-state index is 0.155. The van der Waals surface area contributed by atoms with E-state index < -0.39 is 84.8 Å². The third-order valence-electron chi connectivity index (χ3n) is 4.68. The normalized spacial score (nSPS) is 13.6. The second-order valence-electron chi connectivity index (χ2n) is 8.00. The van der Waals surface area contributed by atoms with Crippen LogP contribution < -0.4 is 32.7 Å².